The molecule has 1 amide bonds. The van der Waals surface area contributed by atoms with Crippen molar-refractivity contribution in [1.29, 1.82) is 0 Å². The fraction of sp³-hybridized carbons (Fsp3) is 0.333. The average Bonchev–Trinajstić information content (AvgIpc) is 3.23. The molecule has 2 aromatic carbocycles. The molecular formula is C21H22ClN3O4S2. The average molecular weight is 480 g/mol. The zero-order valence-electron chi connectivity index (χ0n) is 16.9. The van der Waals surface area contributed by atoms with Crippen LogP contribution in [0.15, 0.2) is 47.5 Å². The van der Waals surface area contributed by atoms with Gasteiger partial charge in [-0.25, -0.2) is 8.42 Å². The maximum absolute atomic E-state index is 13.1. The molecule has 1 aromatic heterocycles. The molecule has 4 rings (SSSR count). The van der Waals surface area contributed by atoms with Crippen molar-refractivity contribution in [3.63, 3.8) is 0 Å². The van der Waals surface area contributed by atoms with Crippen LogP contribution in [0.25, 0.3) is 10.1 Å². The second-order valence-electron chi connectivity index (χ2n) is 7.30. The molecule has 0 spiro atoms. The Morgan fingerprint density at radius 3 is 2.94 bits per heavy atom. The lowest BCUT2D eigenvalue weighted by molar-refractivity contribution is -0.120. The first-order valence-corrected chi connectivity index (χ1v) is 12.6. The van der Waals surface area contributed by atoms with Gasteiger partial charge in [-0.3, -0.25) is 4.79 Å². The van der Waals surface area contributed by atoms with E-state index in [4.69, 9.17) is 16.3 Å². The smallest absolute Gasteiger partial charge is 0.243 e. The first kappa shape index (κ1) is 22.0. The SMILES string of the molecule is CCOc1ccc(S(=O)(=O)N2CCCC(C(=O)Nc3ccc4sncc4c3)C2)cc1Cl. The third-order valence-electron chi connectivity index (χ3n) is 5.22. The van der Waals surface area contributed by atoms with Gasteiger partial charge in [0.25, 0.3) is 0 Å². The number of amides is 1. The van der Waals surface area contributed by atoms with Gasteiger partial charge in [-0.1, -0.05) is 11.6 Å². The number of anilines is 1. The molecule has 3 aromatic rings. The molecule has 1 fully saturated rings. The summed E-state index contributed by atoms with van der Waals surface area (Å²) >= 11 is 7.57. The van der Waals surface area contributed by atoms with Crippen LogP contribution in [0.4, 0.5) is 5.69 Å². The molecule has 1 atom stereocenters. The minimum absolute atomic E-state index is 0.0948. The first-order valence-electron chi connectivity index (χ1n) is 9.96. The summed E-state index contributed by atoms with van der Waals surface area (Å²) in [6, 6.07) is 10.1. The molecule has 7 nitrogen and oxygen atoms in total. The number of sulfonamides is 1. The van der Waals surface area contributed by atoms with Crippen LogP contribution in [0, 0.1) is 5.92 Å². The van der Waals surface area contributed by atoms with Crippen molar-refractivity contribution in [3.05, 3.63) is 47.6 Å². The molecule has 1 aliphatic rings. The van der Waals surface area contributed by atoms with Crippen LogP contribution in [0.5, 0.6) is 5.75 Å². The molecule has 164 valence electrons. The van der Waals surface area contributed by atoms with E-state index < -0.39 is 15.9 Å². The van der Waals surface area contributed by atoms with Gasteiger partial charge >= 0.3 is 0 Å². The lowest BCUT2D eigenvalue weighted by Gasteiger charge is -2.31. The van der Waals surface area contributed by atoms with Crippen molar-refractivity contribution < 1.29 is 17.9 Å². The number of piperidine rings is 1. The highest BCUT2D eigenvalue weighted by Gasteiger charge is 2.33. The number of nitrogens with zero attached hydrogens (tertiary/aromatic N) is 2. The van der Waals surface area contributed by atoms with Gasteiger partial charge in [0.2, 0.25) is 15.9 Å². The summed E-state index contributed by atoms with van der Waals surface area (Å²) in [6.45, 7) is 2.75. The van der Waals surface area contributed by atoms with Gasteiger partial charge in [0.05, 0.1) is 27.1 Å². The Morgan fingerprint density at radius 2 is 2.16 bits per heavy atom. The second kappa shape index (κ2) is 9.12. The molecule has 1 aliphatic heterocycles. The van der Waals surface area contributed by atoms with Crippen LogP contribution in [-0.4, -0.2) is 42.7 Å². The van der Waals surface area contributed by atoms with E-state index in [9.17, 15) is 13.2 Å². The number of hydrogen-bond acceptors (Lipinski definition) is 6. The molecule has 0 saturated carbocycles. The van der Waals surface area contributed by atoms with Crippen LogP contribution in [-0.2, 0) is 14.8 Å². The number of halogens is 1. The van der Waals surface area contributed by atoms with Gasteiger partial charge in [-0.15, -0.1) is 0 Å². The quantitative estimate of drug-likeness (QED) is 0.566. The highest BCUT2D eigenvalue weighted by atomic mass is 35.5. The molecule has 0 aliphatic carbocycles. The maximum Gasteiger partial charge on any atom is 0.243 e. The lowest BCUT2D eigenvalue weighted by atomic mass is 9.98. The number of ether oxygens (including phenoxy) is 1. The number of hydrogen-bond donors (Lipinski definition) is 1. The van der Waals surface area contributed by atoms with E-state index >= 15 is 0 Å². The van der Waals surface area contributed by atoms with Crippen LogP contribution in [0.3, 0.4) is 0 Å². The van der Waals surface area contributed by atoms with E-state index in [1.165, 1.54) is 28.0 Å². The van der Waals surface area contributed by atoms with Crippen LogP contribution < -0.4 is 10.1 Å². The zero-order valence-corrected chi connectivity index (χ0v) is 19.3. The molecule has 0 radical (unpaired) electrons. The molecule has 0 bridgehead atoms. The molecule has 1 N–H and O–H groups in total. The number of rotatable bonds is 6. The van der Waals surface area contributed by atoms with Crippen LogP contribution in [0.1, 0.15) is 19.8 Å². The molecule has 10 heteroatoms. The molecule has 1 saturated heterocycles. The number of benzene rings is 2. The zero-order chi connectivity index (χ0) is 22.0. The Hall–Kier alpha value is -2.20. The summed E-state index contributed by atoms with van der Waals surface area (Å²) in [7, 11) is -3.77. The Kier molecular flexibility index (Phi) is 6.47. The summed E-state index contributed by atoms with van der Waals surface area (Å²) in [5.41, 5.74) is 0.677. The highest BCUT2D eigenvalue weighted by Crippen LogP contribution is 2.31. The summed E-state index contributed by atoms with van der Waals surface area (Å²) in [5, 5.41) is 4.12. The molecular weight excluding hydrogens is 458 g/mol. The molecule has 2 heterocycles. The van der Waals surface area contributed by atoms with Gasteiger partial charge in [0.1, 0.15) is 5.75 Å². The van der Waals surface area contributed by atoms with Gasteiger partial charge < -0.3 is 10.1 Å². The fourth-order valence-electron chi connectivity index (χ4n) is 3.63. The van der Waals surface area contributed by atoms with Crippen molar-refractivity contribution in [3.8, 4) is 5.75 Å². The predicted molar refractivity (Wildman–Crippen MR) is 122 cm³/mol. The van der Waals surface area contributed by atoms with E-state index in [1.807, 2.05) is 25.1 Å². The van der Waals surface area contributed by atoms with Crippen molar-refractivity contribution >= 4 is 54.8 Å². The minimum atomic E-state index is -3.77. The second-order valence-corrected chi connectivity index (χ2v) is 10.5. The van der Waals surface area contributed by atoms with Crippen LogP contribution >= 0.6 is 23.1 Å². The van der Waals surface area contributed by atoms with Crippen molar-refractivity contribution in [2.45, 2.75) is 24.7 Å². The van der Waals surface area contributed by atoms with E-state index in [-0.39, 0.29) is 22.4 Å². The number of carbonyl (C=O) groups is 1. The standard InChI is InChI=1S/C21H22ClN3O4S2/c1-2-29-19-7-6-17(11-18(19)22)31(27,28)25-9-3-4-14(13-25)21(26)24-16-5-8-20-15(10-16)12-23-30-20/h5-8,10-12,14H,2-4,9,13H2,1H3,(H,24,26). The van der Waals surface area contributed by atoms with Gasteiger partial charge in [0.15, 0.2) is 0 Å². The monoisotopic (exact) mass is 479 g/mol. The number of carbonyl (C=O) groups excluding carboxylic acids is 1. The molecule has 31 heavy (non-hydrogen) atoms. The predicted octanol–water partition coefficient (Wildman–Crippen LogP) is 4.39. The summed E-state index contributed by atoms with van der Waals surface area (Å²) in [5.74, 6) is -0.179. The Balaban J connectivity index is 1.48. The number of nitrogens with one attached hydrogen (secondary N) is 1. The fourth-order valence-corrected chi connectivity index (χ4v) is 6.11. The van der Waals surface area contributed by atoms with Crippen molar-refractivity contribution in [2.24, 2.45) is 5.92 Å². The van der Waals surface area contributed by atoms with Gasteiger partial charge in [0, 0.05) is 30.4 Å². The summed E-state index contributed by atoms with van der Waals surface area (Å²) in [6.07, 6.45) is 2.99. The Labute approximate surface area is 190 Å². The van der Waals surface area contributed by atoms with E-state index in [0.29, 0.717) is 37.4 Å². The third kappa shape index (κ3) is 4.69. The number of aromatic nitrogens is 1. The minimum Gasteiger partial charge on any atom is -0.492 e. The number of fused-ring (bicyclic) bond motifs is 1. The van der Waals surface area contributed by atoms with Gasteiger partial charge in [-0.2, -0.15) is 8.68 Å². The van der Waals surface area contributed by atoms with E-state index in [0.717, 1.165) is 10.1 Å². The lowest BCUT2D eigenvalue weighted by Crippen LogP contribution is -2.43. The van der Waals surface area contributed by atoms with Crippen molar-refractivity contribution in [2.75, 3.05) is 25.0 Å². The van der Waals surface area contributed by atoms with E-state index in [2.05, 4.69) is 9.69 Å². The normalized spacial score (nSPS) is 17.5. The summed E-state index contributed by atoms with van der Waals surface area (Å²) in [4.78, 5) is 12.9. The van der Waals surface area contributed by atoms with E-state index in [1.54, 1.807) is 12.3 Å². The Morgan fingerprint density at radius 1 is 1.32 bits per heavy atom. The van der Waals surface area contributed by atoms with Crippen molar-refractivity contribution in [1.82, 2.24) is 8.68 Å². The molecule has 1 unspecified atom stereocenters. The third-order valence-corrected chi connectivity index (χ3v) is 8.15. The summed E-state index contributed by atoms with van der Waals surface area (Å²) < 4.78 is 38.2. The first-order chi connectivity index (χ1) is 14.9. The Bertz CT molecular complexity index is 1210. The largest absolute Gasteiger partial charge is 0.492 e. The maximum atomic E-state index is 13.1. The highest BCUT2D eigenvalue weighted by molar-refractivity contribution is 7.89. The van der Waals surface area contributed by atoms with Gasteiger partial charge in [-0.05, 0) is 67.7 Å². The van der Waals surface area contributed by atoms with Crippen LogP contribution in [0.2, 0.25) is 5.02 Å². The topological polar surface area (TPSA) is 88.6 Å².